The summed E-state index contributed by atoms with van der Waals surface area (Å²) in [7, 11) is 1.64. The van der Waals surface area contributed by atoms with Gasteiger partial charge in [-0.2, -0.15) is 0 Å². The zero-order valence-electron chi connectivity index (χ0n) is 28.1. The van der Waals surface area contributed by atoms with Crippen molar-refractivity contribution in [2.75, 3.05) is 7.11 Å². The summed E-state index contributed by atoms with van der Waals surface area (Å²) in [5, 5.41) is 0. The summed E-state index contributed by atoms with van der Waals surface area (Å²) in [4.78, 5) is 23.2. The van der Waals surface area contributed by atoms with Crippen molar-refractivity contribution in [3.05, 3.63) is 119 Å². The van der Waals surface area contributed by atoms with Crippen molar-refractivity contribution in [3.63, 3.8) is 0 Å². The minimum Gasteiger partial charge on any atom is -0.497 e. The van der Waals surface area contributed by atoms with Gasteiger partial charge in [-0.1, -0.05) is 104 Å². The molecule has 0 spiro atoms. The third-order valence-corrected chi connectivity index (χ3v) is 5.41. The van der Waals surface area contributed by atoms with Crippen molar-refractivity contribution in [2.24, 2.45) is 0 Å². The van der Waals surface area contributed by atoms with Gasteiger partial charge in [0, 0.05) is 6.92 Å². The van der Waals surface area contributed by atoms with E-state index in [2.05, 4.69) is 0 Å². The van der Waals surface area contributed by atoms with E-state index >= 15 is 0 Å². The zero-order chi connectivity index (χ0) is 33.3. The molecule has 0 N–H and O–H groups in total. The number of carbonyl (C=O) groups is 2. The average Bonchev–Trinajstić information content (AvgIpc) is 3.08. The van der Waals surface area contributed by atoms with E-state index in [4.69, 9.17) is 18.9 Å². The molecular formula is C38H50O6. The molecule has 0 atom stereocenters. The summed E-state index contributed by atoms with van der Waals surface area (Å²) in [5.41, 5.74) is 4.36. The van der Waals surface area contributed by atoms with Gasteiger partial charge in [0.15, 0.2) is 0 Å². The first kappa shape index (κ1) is 39.4. The summed E-state index contributed by atoms with van der Waals surface area (Å²) < 4.78 is 20.8. The Balaban J connectivity index is 0.00000214. The molecule has 0 aliphatic carbocycles. The molecule has 0 saturated heterocycles. The second-order valence-electron chi connectivity index (χ2n) is 8.18. The Kier molecular flexibility index (Phi) is 21.4. The molecule has 0 bridgehead atoms. The topological polar surface area (TPSA) is 71.1 Å². The Bertz CT molecular complexity index is 1290. The summed E-state index contributed by atoms with van der Waals surface area (Å²) in [6, 6.07) is 29.8. The highest BCUT2D eigenvalue weighted by Crippen LogP contribution is 2.20. The maximum absolute atomic E-state index is 12.2. The van der Waals surface area contributed by atoms with Gasteiger partial charge < -0.3 is 18.9 Å². The van der Waals surface area contributed by atoms with Crippen LogP contribution in [0.25, 0.3) is 0 Å². The highest BCUT2D eigenvalue weighted by molar-refractivity contribution is 5.69. The summed E-state index contributed by atoms with van der Waals surface area (Å²) in [6.45, 7) is 17.4. The quantitative estimate of drug-likeness (QED) is 0.113. The largest absolute Gasteiger partial charge is 0.519 e. The number of ether oxygens (including phenoxy) is 4. The van der Waals surface area contributed by atoms with E-state index in [1.807, 2.05) is 116 Å². The van der Waals surface area contributed by atoms with Gasteiger partial charge in [-0.25, -0.2) is 4.79 Å². The molecule has 0 saturated carbocycles. The lowest BCUT2D eigenvalue weighted by atomic mass is 10.0. The molecule has 0 unspecified atom stereocenters. The summed E-state index contributed by atoms with van der Waals surface area (Å²) in [5.74, 6) is 1.79. The van der Waals surface area contributed by atoms with E-state index in [-0.39, 0.29) is 5.97 Å². The van der Waals surface area contributed by atoms with Crippen molar-refractivity contribution in [3.8, 4) is 23.0 Å². The molecule has 44 heavy (non-hydrogen) atoms. The Morgan fingerprint density at radius 1 is 0.432 bits per heavy atom. The Morgan fingerprint density at radius 3 is 0.932 bits per heavy atom. The lowest BCUT2D eigenvalue weighted by molar-refractivity contribution is -0.131. The van der Waals surface area contributed by atoms with Crippen LogP contribution in [0.5, 0.6) is 23.0 Å². The van der Waals surface area contributed by atoms with Gasteiger partial charge in [0.05, 0.1) is 7.11 Å². The molecule has 0 aliphatic rings. The second-order valence-corrected chi connectivity index (χ2v) is 8.18. The highest BCUT2D eigenvalue weighted by atomic mass is 16.7. The van der Waals surface area contributed by atoms with Crippen LogP contribution in [0.1, 0.15) is 84.6 Å². The maximum Gasteiger partial charge on any atom is 0.519 e. The van der Waals surface area contributed by atoms with E-state index < -0.39 is 6.16 Å². The van der Waals surface area contributed by atoms with Crippen LogP contribution in [0.15, 0.2) is 97.1 Å². The average molecular weight is 603 g/mol. The Labute approximate surface area is 265 Å². The highest BCUT2D eigenvalue weighted by Gasteiger charge is 2.09. The van der Waals surface area contributed by atoms with Gasteiger partial charge in [0.1, 0.15) is 23.0 Å². The number of methoxy groups -OCH3 is 1. The number of hydrogen-bond donors (Lipinski definition) is 0. The van der Waals surface area contributed by atoms with Crippen LogP contribution in [0.3, 0.4) is 0 Å². The lowest BCUT2D eigenvalue weighted by Crippen LogP contribution is -2.13. The first-order valence-corrected chi connectivity index (χ1v) is 15.4. The van der Waals surface area contributed by atoms with E-state index in [0.717, 1.165) is 34.4 Å². The molecular weight excluding hydrogens is 552 g/mol. The number of benzene rings is 4. The predicted molar refractivity (Wildman–Crippen MR) is 181 cm³/mol. The monoisotopic (exact) mass is 602 g/mol. The zero-order valence-corrected chi connectivity index (χ0v) is 28.1. The summed E-state index contributed by atoms with van der Waals surface area (Å²) in [6.07, 6.45) is 0.650. The third kappa shape index (κ3) is 15.1. The van der Waals surface area contributed by atoms with Gasteiger partial charge in [0.2, 0.25) is 0 Å². The molecule has 238 valence electrons. The van der Waals surface area contributed by atoms with Crippen molar-refractivity contribution in [2.45, 2.75) is 75.2 Å². The minimum atomic E-state index is -0.799. The fraction of sp³-hybridized carbons (Fsp3) is 0.316. The van der Waals surface area contributed by atoms with Crippen molar-refractivity contribution in [1.82, 2.24) is 0 Å². The molecule has 0 radical (unpaired) electrons. The van der Waals surface area contributed by atoms with Gasteiger partial charge in [-0.05, 0) is 83.6 Å². The third-order valence-electron chi connectivity index (χ3n) is 5.41. The molecule has 0 aromatic heterocycles. The van der Waals surface area contributed by atoms with E-state index in [1.54, 1.807) is 43.5 Å². The van der Waals surface area contributed by atoms with Gasteiger partial charge in [-0.15, -0.1) is 0 Å². The normalized spacial score (nSPS) is 9.05. The number of esters is 1. The molecule has 6 heteroatoms. The first-order valence-electron chi connectivity index (χ1n) is 15.4. The molecule has 0 heterocycles. The van der Waals surface area contributed by atoms with Crippen molar-refractivity contribution >= 4 is 12.1 Å². The van der Waals surface area contributed by atoms with Crippen LogP contribution in [0.2, 0.25) is 0 Å². The number of carbonyl (C=O) groups excluding carboxylic acids is 2. The van der Waals surface area contributed by atoms with Gasteiger partial charge in [0.25, 0.3) is 0 Å². The van der Waals surface area contributed by atoms with Crippen LogP contribution in [0, 0.1) is 0 Å². The van der Waals surface area contributed by atoms with E-state index in [0.29, 0.717) is 23.7 Å². The fourth-order valence-electron chi connectivity index (χ4n) is 3.62. The maximum atomic E-state index is 12.2. The van der Waals surface area contributed by atoms with Crippen LogP contribution >= 0.6 is 0 Å². The minimum absolute atomic E-state index is 0.349. The van der Waals surface area contributed by atoms with Crippen LogP contribution < -0.4 is 18.9 Å². The molecule has 4 rings (SSSR count). The van der Waals surface area contributed by atoms with Gasteiger partial charge >= 0.3 is 12.1 Å². The van der Waals surface area contributed by atoms with Crippen LogP contribution in [-0.2, 0) is 17.6 Å². The van der Waals surface area contributed by atoms with Crippen LogP contribution in [-0.4, -0.2) is 19.2 Å². The van der Waals surface area contributed by atoms with Gasteiger partial charge in [-0.3, -0.25) is 4.79 Å². The fourth-order valence-corrected chi connectivity index (χ4v) is 3.62. The lowest BCUT2D eigenvalue weighted by Gasteiger charge is -2.08. The van der Waals surface area contributed by atoms with Crippen molar-refractivity contribution in [1.29, 1.82) is 0 Å². The molecule has 4 aromatic carbocycles. The standard InChI is InChI=1S/C30H26O6.4C2H6/c1-21(31)34-27-13-5-23(6-14-27)20-25-9-17-29(18-10-25)36-30(32)35-28-15-7-24(8-16-28)19-22-3-11-26(33-2)12-4-22;4*1-2/h3-18H,19-20H2,1-2H3;4*1-2H3. The van der Waals surface area contributed by atoms with Crippen LogP contribution in [0.4, 0.5) is 4.79 Å². The number of rotatable bonds is 8. The molecule has 6 nitrogen and oxygen atoms in total. The molecule has 4 aromatic rings. The number of hydrogen-bond acceptors (Lipinski definition) is 6. The molecule has 0 fully saturated rings. The molecule has 0 aliphatic heterocycles. The summed E-state index contributed by atoms with van der Waals surface area (Å²) >= 11 is 0. The SMILES string of the molecule is CC.CC.CC.CC.COc1ccc(Cc2ccc(OC(=O)Oc3ccc(Cc4ccc(OC(C)=O)cc4)cc3)cc2)cc1. The predicted octanol–water partition coefficient (Wildman–Crippen LogP) is 10.5. The smallest absolute Gasteiger partial charge is 0.497 e. The van der Waals surface area contributed by atoms with E-state index in [1.165, 1.54) is 6.92 Å². The Hall–Kier alpha value is -4.58. The Morgan fingerprint density at radius 2 is 0.682 bits per heavy atom. The van der Waals surface area contributed by atoms with Crippen molar-refractivity contribution < 1.29 is 28.5 Å². The first-order chi connectivity index (χ1) is 21.5. The second kappa shape index (κ2) is 23.9. The molecule has 0 amide bonds. The van der Waals surface area contributed by atoms with E-state index in [9.17, 15) is 9.59 Å².